The molecule has 0 saturated heterocycles. The molecule has 9 heteroatoms. The summed E-state index contributed by atoms with van der Waals surface area (Å²) in [5, 5.41) is 4.60. The maximum atomic E-state index is 12.7. The summed E-state index contributed by atoms with van der Waals surface area (Å²) >= 11 is 0. The highest BCUT2D eigenvalue weighted by molar-refractivity contribution is 7.87. The van der Waals surface area contributed by atoms with Crippen LogP contribution in [0.25, 0.3) is 6.08 Å². The number of aromatic nitrogens is 1. The van der Waals surface area contributed by atoms with Gasteiger partial charge in [-0.15, -0.1) is 0 Å². The average molecular weight is 449 g/mol. The molecule has 1 heterocycles. The first-order chi connectivity index (χ1) is 14.9. The van der Waals surface area contributed by atoms with Crippen molar-refractivity contribution in [3.8, 4) is 23.1 Å². The summed E-state index contributed by atoms with van der Waals surface area (Å²) in [7, 11) is 4.83. The zero-order valence-electron chi connectivity index (χ0n) is 18.4. The number of anilines is 1. The Labute approximate surface area is 185 Å². The summed E-state index contributed by atoms with van der Waals surface area (Å²) in [5.74, 6) is 2.37. The van der Waals surface area contributed by atoms with E-state index < -0.39 is 10.8 Å². The third-order valence-electron chi connectivity index (χ3n) is 4.42. The SMILES string of the molecule is CCC(=O)CNc1cc(CS(=O)/C=C/c2c(OC)cc(OC)cc2OC)cnc1OC. The van der Waals surface area contributed by atoms with Crippen molar-refractivity contribution >= 4 is 28.3 Å². The third kappa shape index (κ3) is 6.71. The number of rotatable bonds is 12. The summed E-state index contributed by atoms with van der Waals surface area (Å²) in [6.07, 6.45) is 3.74. The zero-order valence-corrected chi connectivity index (χ0v) is 19.2. The second kappa shape index (κ2) is 11.9. The number of methoxy groups -OCH3 is 4. The van der Waals surface area contributed by atoms with Crippen molar-refractivity contribution < 1.29 is 28.0 Å². The van der Waals surface area contributed by atoms with Crippen molar-refractivity contribution in [3.05, 3.63) is 40.9 Å². The van der Waals surface area contributed by atoms with Gasteiger partial charge in [-0.1, -0.05) is 6.92 Å². The van der Waals surface area contributed by atoms with Gasteiger partial charge in [0.25, 0.3) is 0 Å². The molecule has 0 aliphatic carbocycles. The van der Waals surface area contributed by atoms with Gasteiger partial charge >= 0.3 is 0 Å². The summed E-state index contributed by atoms with van der Waals surface area (Å²) in [6, 6.07) is 5.25. The predicted molar refractivity (Wildman–Crippen MR) is 122 cm³/mol. The van der Waals surface area contributed by atoms with Crippen molar-refractivity contribution in [1.82, 2.24) is 4.98 Å². The van der Waals surface area contributed by atoms with Crippen LogP contribution in [0.1, 0.15) is 24.5 Å². The molecule has 0 amide bonds. The Kier molecular flexibility index (Phi) is 9.33. The lowest BCUT2D eigenvalue weighted by atomic mass is 10.1. The number of pyridine rings is 1. The van der Waals surface area contributed by atoms with Gasteiger partial charge in [-0.3, -0.25) is 9.00 Å². The largest absolute Gasteiger partial charge is 0.496 e. The molecule has 0 bridgehead atoms. The Morgan fingerprint density at radius 1 is 1.06 bits per heavy atom. The molecule has 0 aliphatic heterocycles. The maximum absolute atomic E-state index is 12.7. The molecule has 1 unspecified atom stereocenters. The topological polar surface area (TPSA) is 96.0 Å². The average Bonchev–Trinajstić information content (AvgIpc) is 2.80. The van der Waals surface area contributed by atoms with E-state index in [1.807, 2.05) is 0 Å². The first-order valence-corrected chi connectivity index (χ1v) is 11.0. The zero-order chi connectivity index (χ0) is 22.8. The van der Waals surface area contributed by atoms with Gasteiger partial charge in [-0.2, -0.15) is 0 Å². The molecule has 0 radical (unpaired) electrons. The van der Waals surface area contributed by atoms with Crippen LogP contribution in [0.2, 0.25) is 0 Å². The number of ketones is 1. The number of Topliss-reactive ketones (excluding diaryl/α,β-unsaturated/α-hetero) is 1. The van der Waals surface area contributed by atoms with Crippen LogP contribution < -0.4 is 24.3 Å². The molecule has 1 N–H and O–H groups in total. The number of nitrogens with one attached hydrogen (secondary N) is 1. The van der Waals surface area contributed by atoms with E-state index in [-0.39, 0.29) is 18.1 Å². The fraction of sp³-hybridized carbons (Fsp3) is 0.364. The van der Waals surface area contributed by atoms with Crippen LogP contribution in [-0.4, -0.2) is 50.0 Å². The molecular weight excluding hydrogens is 420 g/mol. The first-order valence-electron chi connectivity index (χ1n) is 9.59. The minimum Gasteiger partial charge on any atom is -0.496 e. The summed E-state index contributed by atoms with van der Waals surface area (Å²) < 4.78 is 34.0. The van der Waals surface area contributed by atoms with Gasteiger partial charge in [0, 0.05) is 30.2 Å². The Morgan fingerprint density at radius 2 is 1.74 bits per heavy atom. The van der Waals surface area contributed by atoms with Crippen LogP contribution in [0.15, 0.2) is 29.8 Å². The Morgan fingerprint density at radius 3 is 2.29 bits per heavy atom. The van der Waals surface area contributed by atoms with Crippen LogP contribution in [0.4, 0.5) is 5.69 Å². The van der Waals surface area contributed by atoms with E-state index in [0.29, 0.717) is 40.8 Å². The second-order valence-corrected chi connectivity index (χ2v) is 7.74. The molecule has 1 aromatic carbocycles. The van der Waals surface area contributed by atoms with E-state index in [4.69, 9.17) is 18.9 Å². The molecule has 2 rings (SSSR count). The fourth-order valence-electron chi connectivity index (χ4n) is 2.74. The lowest BCUT2D eigenvalue weighted by Crippen LogP contribution is -2.13. The summed E-state index contributed by atoms with van der Waals surface area (Å²) in [6.45, 7) is 1.98. The number of hydrogen-bond acceptors (Lipinski definition) is 8. The minimum atomic E-state index is -1.33. The monoisotopic (exact) mass is 448 g/mol. The van der Waals surface area contributed by atoms with Crippen LogP contribution in [0.3, 0.4) is 0 Å². The predicted octanol–water partition coefficient (Wildman–Crippen LogP) is 3.43. The molecular formula is C22H28N2O6S. The number of carbonyl (C=O) groups is 1. The van der Waals surface area contributed by atoms with Gasteiger partial charge in [-0.25, -0.2) is 4.98 Å². The molecule has 8 nitrogen and oxygen atoms in total. The standard InChI is InChI=1S/C22H28N2O6S/c1-6-16(25)13-23-19-9-15(12-24-22(19)30-5)14-31(26)8-7-18-20(28-3)10-17(27-2)11-21(18)29-4/h7-12,23H,6,13-14H2,1-5H3/b8-7+. The molecule has 2 aromatic rings. The van der Waals surface area contributed by atoms with E-state index >= 15 is 0 Å². The van der Waals surface area contributed by atoms with Gasteiger partial charge in [0.1, 0.15) is 17.2 Å². The summed E-state index contributed by atoms with van der Waals surface area (Å²) in [4.78, 5) is 15.8. The Hall–Kier alpha value is -3.07. The van der Waals surface area contributed by atoms with Crippen LogP contribution in [0.5, 0.6) is 23.1 Å². The number of benzene rings is 1. The Balaban J connectivity index is 2.19. The molecule has 168 valence electrons. The maximum Gasteiger partial charge on any atom is 0.237 e. The number of ether oxygens (including phenoxy) is 4. The fourth-order valence-corrected chi connectivity index (χ4v) is 3.61. The first kappa shape index (κ1) is 24.2. The molecule has 31 heavy (non-hydrogen) atoms. The van der Waals surface area contributed by atoms with Crippen molar-refractivity contribution in [3.63, 3.8) is 0 Å². The normalized spacial score (nSPS) is 11.8. The van der Waals surface area contributed by atoms with E-state index in [1.54, 1.807) is 64.1 Å². The Bertz CT molecular complexity index is 936. The van der Waals surface area contributed by atoms with Crippen molar-refractivity contribution in [2.45, 2.75) is 19.1 Å². The van der Waals surface area contributed by atoms with E-state index in [2.05, 4.69) is 10.3 Å². The van der Waals surface area contributed by atoms with Crippen molar-refractivity contribution in [2.24, 2.45) is 0 Å². The van der Waals surface area contributed by atoms with E-state index in [9.17, 15) is 9.00 Å². The number of hydrogen-bond donors (Lipinski definition) is 1. The van der Waals surface area contributed by atoms with E-state index in [1.165, 1.54) is 7.11 Å². The number of nitrogens with zero attached hydrogens (tertiary/aromatic N) is 1. The quantitative estimate of drug-likeness (QED) is 0.528. The van der Waals surface area contributed by atoms with Crippen LogP contribution >= 0.6 is 0 Å². The lowest BCUT2D eigenvalue weighted by Gasteiger charge is -2.12. The summed E-state index contributed by atoms with van der Waals surface area (Å²) in [5.41, 5.74) is 1.98. The van der Waals surface area contributed by atoms with Crippen molar-refractivity contribution in [1.29, 1.82) is 0 Å². The van der Waals surface area contributed by atoms with Gasteiger partial charge in [-0.05, 0) is 17.7 Å². The highest BCUT2D eigenvalue weighted by atomic mass is 32.2. The van der Waals surface area contributed by atoms with E-state index in [0.717, 1.165) is 5.56 Å². The van der Waals surface area contributed by atoms with Crippen LogP contribution in [-0.2, 0) is 21.3 Å². The van der Waals surface area contributed by atoms with Gasteiger partial charge in [0.05, 0.1) is 62.8 Å². The highest BCUT2D eigenvalue weighted by Gasteiger charge is 2.12. The van der Waals surface area contributed by atoms with Crippen molar-refractivity contribution in [2.75, 3.05) is 40.3 Å². The smallest absolute Gasteiger partial charge is 0.237 e. The molecule has 1 atom stereocenters. The number of carbonyl (C=O) groups excluding carboxylic acids is 1. The third-order valence-corrected chi connectivity index (χ3v) is 5.48. The molecule has 0 saturated carbocycles. The van der Waals surface area contributed by atoms with Gasteiger partial charge < -0.3 is 24.3 Å². The molecule has 0 aliphatic rings. The lowest BCUT2D eigenvalue weighted by molar-refractivity contribution is -0.117. The molecule has 0 fully saturated rings. The highest BCUT2D eigenvalue weighted by Crippen LogP contribution is 2.35. The molecule has 0 spiro atoms. The minimum absolute atomic E-state index is 0.0707. The molecule has 1 aromatic heterocycles. The van der Waals surface area contributed by atoms with Gasteiger partial charge in [0.15, 0.2) is 5.78 Å². The second-order valence-electron chi connectivity index (χ2n) is 6.42. The van der Waals surface area contributed by atoms with Crippen LogP contribution in [0, 0.1) is 0 Å². The van der Waals surface area contributed by atoms with Gasteiger partial charge in [0.2, 0.25) is 5.88 Å².